The molecule has 0 aromatic heterocycles. The lowest BCUT2D eigenvalue weighted by Gasteiger charge is -2.58. The number of urea groups is 2. The van der Waals surface area contributed by atoms with Crippen molar-refractivity contribution in [1.29, 1.82) is 0 Å². The average molecular weight is 1690 g/mol. The van der Waals surface area contributed by atoms with E-state index in [0.29, 0.717) is 142 Å². The first-order chi connectivity index (χ1) is 56.9. The molecule has 22 atom stereocenters. The zero-order valence-corrected chi connectivity index (χ0v) is 73.9. The van der Waals surface area contributed by atoms with Gasteiger partial charge < -0.3 is 86.4 Å². The molecule has 5 aliphatic heterocycles. The zero-order chi connectivity index (χ0) is 83.8. The number of hydrogen-bond donors (Lipinski definition) is 10. The minimum Gasteiger partial charge on any atom is -0.393 e. The normalized spacial score (nSPS) is 34.4. The number of aliphatic hydroxyl groups excluding tert-OH is 2. The van der Waals surface area contributed by atoms with E-state index in [4.69, 9.17) is 39.0 Å². The summed E-state index contributed by atoms with van der Waals surface area (Å²) in [6.45, 7) is 22.3. The minimum atomic E-state index is -0.704. The Bertz CT molecular complexity index is 3330. The maximum Gasteiger partial charge on any atom is 0.335 e. The molecule has 0 aromatic rings. The molecule has 13 rings (SSSR count). The summed E-state index contributed by atoms with van der Waals surface area (Å²) < 4.78 is 32.8. The Morgan fingerprint density at radius 2 is 0.907 bits per heavy atom. The summed E-state index contributed by atoms with van der Waals surface area (Å²) >= 11 is 3.79. The van der Waals surface area contributed by atoms with Gasteiger partial charge in [-0.3, -0.25) is 24.0 Å². The highest BCUT2D eigenvalue weighted by Gasteiger charge is 2.61. The van der Waals surface area contributed by atoms with Gasteiger partial charge in [-0.25, -0.2) is 14.4 Å². The first-order valence-electron chi connectivity index (χ1n) is 46.1. The predicted molar refractivity (Wildman–Crippen MR) is 457 cm³/mol. The van der Waals surface area contributed by atoms with E-state index in [9.17, 15) is 48.6 Å². The number of nitrogens with two attached hydrogens (primary N) is 1. The largest absolute Gasteiger partial charge is 0.393 e. The van der Waals surface area contributed by atoms with E-state index >= 15 is 0 Å². The third-order valence-electron chi connectivity index (χ3n) is 30.6. The van der Waals surface area contributed by atoms with Gasteiger partial charge in [-0.05, 0) is 241 Å². The summed E-state index contributed by atoms with van der Waals surface area (Å²) in [4.78, 5) is 98.5. The summed E-state index contributed by atoms with van der Waals surface area (Å²) in [5, 5.41) is 42.6. The van der Waals surface area contributed by atoms with Crippen LogP contribution in [0.2, 0.25) is 0 Å². The number of nitrogens with zero attached hydrogens (tertiary/aromatic N) is 1. The number of allylic oxidation sites excluding steroid dienone is 2. The van der Waals surface area contributed by atoms with Crippen LogP contribution in [0.4, 0.5) is 9.59 Å². The molecule has 9 amide bonds. The fourth-order valence-corrected chi connectivity index (χ4v) is 27.4. The quantitative estimate of drug-likeness (QED) is 0.0117. The van der Waals surface area contributed by atoms with Gasteiger partial charge in [0, 0.05) is 73.7 Å². The van der Waals surface area contributed by atoms with Gasteiger partial charge in [0.05, 0.1) is 122 Å². The first kappa shape index (κ1) is 94.1. The molecule has 0 bridgehead atoms. The summed E-state index contributed by atoms with van der Waals surface area (Å²) in [6, 6.07) is 0.776. The monoisotopic (exact) mass is 1690 g/mol. The average Bonchev–Trinajstić information content (AvgIpc) is 1.41. The van der Waals surface area contributed by atoms with Crippen LogP contribution in [0.25, 0.3) is 0 Å². The van der Waals surface area contributed by atoms with Crippen molar-refractivity contribution in [2.24, 2.45) is 86.6 Å². The molecule has 28 heteroatoms. The molecule has 118 heavy (non-hydrogen) atoms. The van der Waals surface area contributed by atoms with E-state index in [1.807, 2.05) is 23.5 Å². The summed E-state index contributed by atoms with van der Waals surface area (Å²) in [6.07, 6.45) is 36.4. The third kappa shape index (κ3) is 24.9. The molecule has 3 unspecified atom stereocenters. The highest BCUT2D eigenvalue weighted by molar-refractivity contribution is 8.00. The van der Waals surface area contributed by atoms with Gasteiger partial charge >= 0.3 is 18.0 Å². The van der Waals surface area contributed by atoms with Crippen LogP contribution in [-0.4, -0.2) is 227 Å². The number of amides is 9. The smallest absolute Gasteiger partial charge is 0.335 e. The standard InChI is InChI=1S/C43H72N4O7S.C24H41NO.C23H36N4O9S/c1-29(33-12-13-34-32-11-10-30-27-31(48)14-17-42(30,2)35(32)15-18-43(33,34)3)7-6-19-44-39(50)16-21-52-23-25-54-26-24-53-22-20-45-38(49)9-5-4-8-37-40-36(28-55-37)46-41(51)47-40;1-16(5-4-14-25)20-8-9-21-19-7-6-17-15-18(26)10-12-23(17,2)22(19)11-13-24(20,21)3;28-18(4-2-1-3-17-22-16(15-37-17)25-23(32)26-22)24-8-10-34-12-14-35-13-11-33-9-7-21(31)36-27-19(29)5-6-20(27)30/h10,29,31-37,40,48H,4-9,11-28H2,1-3H3,(H,44,50)(H,45,49)(H2,46,47,51);6,16,18-22,26H,4-5,7-15,25H2,1-3H3;16-17,22H,1-15H2,(H,24,28)(H2,25,26,32)/t29?,31-,32?,33+,34-,35-,36-,37-,40-,42-,43+;16?,18-,19-,20+,21-,22-,23-,24+;16-,17-,22-/m000/s1. The second-order valence-corrected chi connectivity index (χ2v) is 40.3. The van der Waals surface area contributed by atoms with E-state index in [0.717, 1.165) is 161 Å². The lowest BCUT2D eigenvalue weighted by Crippen LogP contribution is -2.50. The van der Waals surface area contributed by atoms with Gasteiger partial charge in [-0.1, -0.05) is 77.7 Å². The van der Waals surface area contributed by atoms with Crippen molar-refractivity contribution in [3.8, 4) is 0 Å². The third-order valence-corrected chi connectivity index (χ3v) is 33.6. The molecule has 5 saturated heterocycles. The number of hydrogen-bond acceptors (Lipinski definition) is 20. The van der Waals surface area contributed by atoms with Crippen LogP contribution >= 0.6 is 23.5 Å². The van der Waals surface area contributed by atoms with E-state index in [1.165, 1.54) is 83.5 Å². The van der Waals surface area contributed by atoms with Crippen LogP contribution < -0.4 is 43.0 Å². The molecule has 26 nitrogen and oxygen atoms in total. The number of nitrogens with one attached hydrogen (secondary N) is 7. The Balaban J connectivity index is 0.000000187. The van der Waals surface area contributed by atoms with Crippen molar-refractivity contribution in [3.05, 3.63) is 23.3 Å². The number of ether oxygens (including phenoxy) is 6. The topological polar surface area (TPSA) is 355 Å². The van der Waals surface area contributed by atoms with Crippen molar-refractivity contribution >= 4 is 71.1 Å². The van der Waals surface area contributed by atoms with Gasteiger partial charge in [0.1, 0.15) is 0 Å². The lowest BCUT2D eigenvalue weighted by molar-refractivity contribution is -0.198. The van der Waals surface area contributed by atoms with Crippen LogP contribution in [0.1, 0.15) is 247 Å². The van der Waals surface area contributed by atoms with Gasteiger partial charge in [0.15, 0.2) is 0 Å². The van der Waals surface area contributed by atoms with Crippen molar-refractivity contribution in [2.45, 2.75) is 294 Å². The number of unbranched alkanes of at least 4 members (excludes halogenated alkanes) is 2. The molecular formula is C90H149N9O17S2. The van der Waals surface area contributed by atoms with E-state index in [1.54, 1.807) is 11.1 Å². The second-order valence-electron chi connectivity index (χ2n) is 37.8. The van der Waals surface area contributed by atoms with Gasteiger partial charge in [0.2, 0.25) is 17.7 Å². The van der Waals surface area contributed by atoms with Crippen LogP contribution in [-0.2, 0) is 62.0 Å². The Kier molecular flexibility index (Phi) is 36.5. The maximum atomic E-state index is 12.4. The molecule has 13 aliphatic rings. The molecule has 0 radical (unpaired) electrons. The Hall–Kier alpha value is -4.62. The number of aliphatic hydroxyl groups is 2. The van der Waals surface area contributed by atoms with E-state index in [-0.39, 0.29) is 98.6 Å². The number of fused-ring (bicyclic) bond motifs is 12. The molecule has 5 heterocycles. The maximum absolute atomic E-state index is 12.4. The highest BCUT2D eigenvalue weighted by Crippen LogP contribution is 2.69. The number of carbonyl (C=O) groups is 8. The number of imide groups is 1. The van der Waals surface area contributed by atoms with Gasteiger partial charge in [-0.15, -0.1) is 5.06 Å². The number of thioether (sulfide) groups is 2. The molecule has 8 aliphatic carbocycles. The van der Waals surface area contributed by atoms with Crippen molar-refractivity contribution in [2.75, 3.05) is 117 Å². The first-order valence-corrected chi connectivity index (χ1v) is 48.2. The lowest BCUT2D eigenvalue weighted by atomic mass is 9.47. The second kappa shape index (κ2) is 45.8. The fraction of sp³-hybridized carbons (Fsp3) is 0.867. The molecule has 6 saturated carbocycles. The number of rotatable bonds is 44. The molecule has 0 aromatic carbocycles. The number of carbonyl (C=O) groups excluding carboxylic acids is 8. The summed E-state index contributed by atoms with van der Waals surface area (Å²) in [5.41, 5.74) is 10.6. The molecule has 11 fully saturated rings. The van der Waals surface area contributed by atoms with Gasteiger partial charge in [0.25, 0.3) is 11.8 Å². The highest BCUT2D eigenvalue weighted by atomic mass is 32.2. The fourth-order valence-electron chi connectivity index (χ4n) is 24.3. The zero-order valence-electron chi connectivity index (χ0n) is 72.3. The van der Waals surface area contributed by atoms with Crippen LogP contribution in [0.5, 0.6) is 0 Å². The van der Waals surface area contributed by atoms with Crippen LogP contribution in [0.3, 0.4) is 0 Å². The minimum absolute atomic E-state index is 0.00676. The van der Waals surface area contributed by atoms with Crippen molar-refractivity contribution in [3.63, 3.8) is 0 Å². The Morgan fingerprint density at radius 3 is 1.36 bits per heavy atom. The predicted octanol–water partition coefficient (Wildman–Crippen LogP) is 10.9. The Labute approximate surface area is 712 Å². The molecular weight excluding hydrogens is 1540 g/mol. The van der Waals surface area contributed by atoms with Gasteiger partial charge in [-0.2, -0.15) is 23.5 Å². The summed E-state index contributed by atoms with van der Waals surface area (Å²) in [7, 11) is 0. The molecule has 668 valence electrons. The number of hydroxylamine groups is 2. The van der Waals surface area contributed by atoms with E-state index in [2.05, 4.69) is 90.9 Å². The molecule has 11 N–H and O–H groups in total. The SMILES string of the molecule is CC(CCCN)[C@H]1CC[C@H]2[C@@H]3CC=C4C[C@@H](O)CC[C@]4(C)[C@H]3CC[C@]12C.CC(CCCNC(=O)CCOCCOCCOCCNC(=O)CCCC[C@@H]1SC[C@@H]2NC(=O)N[C@@H]21)[C@H]1CC[C@H]2C3CC=C4C[C@@H](O)CC[C@]4(C)[C@H]3CC[C@]12C.O=C(CCCC[C@@H]1SC[C@@H]2NC(=O)N[C@@H]21)NCCOCCOCCOCCC(=O)ON1C(=O)CCC1=O. The van der Waals surface area contributed by atoms with Crippen LogP contribution in [0.15, 0.2) is 23.3 Å². The Morgan fingerprint density at radius 1 is 0.492 bits per heavy atom. The summed E-state index contributed by atoms with van der Waals surface area (Å²) in [5.74, 6) is 8.57. The molecule has 0 spiro atoms. The van der Waals surface area contributed by atoms with E-state index < -0.39 is 17.8 Å². The van der Waals surface area contributed by atoms with Crippen molar-refractivity contribution < 1.29 is 81.8 Å². The van der Waals surface area contributed by atoms with Crippen molar-refractivity contribution in [1.82, 2.24) is 42.3 Å². The van der Waals surface area contributed by atoms with Crippen LogP contribution in [0, 0.1) is 80.8 Å².